The standard InChI is InChI=1S/C16H12FNO3/c17-11-5-3-4-10(8-11)14(19)9-16(21)12-6-1-2-7-13(12)18-15(16)20/h1-8,21H,9H2,(H,18,20)/t16-/m1/s1. The van der Waals surface area contributed by atoms with Crippen LogP contribution in [0.3, 0.4) is 0 Å². The van der Waals surface area contributed by atoms with Gasteiger partial charge in [-0.1, -0.05) is 30.3 Å². The molecule has 2 aromatic rings. The molecule has 0 aromatic heterocycles. The Morgan fingerprint density at radius 2 is 1.95 bits per heavy atom. The molecule has 0 saturated heterocycles. The van der Waals surface area contributed by atoms with E-state index in [1.165, 1.54) is 18.2 Å². The molecular formula is C16H12FNO3. The topological polar surface area (TPSA) is 66.4 Å². The van der Waals surface area contributed by atoms with Crippen LogP contribution < -0.4 is 5.32 Å². The Morgan fingerprint density at radius 1 is 1.19 bits per heavy atom. The van der Waals surface area contributed by atoms with Crippen LogP contribution in [0.5, 0.6) is 0 Å². The van der Waals surface area contributed by atoms with Gasteiger partial charge in [0.2, 0.25) is 0 Å². The third-order valence-electron chi connectivity index (χ3n) is 3.56. The Morgan fingerprint density at radius 3 is 2.71 bits per heavy atom. The van der Waals surface area contributed by atoms with Gasteiger partial charge in [0.1, 0.15) is 5.82 Å². The lowest BCUT2D eigenvalue weighted by atomic mass is 9.88. The van der Waals surface area contributed by atoms with Crippen molar-refractivity contribution in [2.75, 3.05) is 5.32 Å². The molecule has 1 aliphatic rings. The summed E-state index contributed by atoms with van der Waals surface area (Å²) in [6.45, 7) is 0. The van der Waals surface area contributed by atoms with E-state index in [0.717, 1.165) is 6.07 Å². The first-order chi connectivity index (χ1) is 10.0. The molecule has 5 heteroatoms. The summed E-state index contributed by atoms with van der Waals surface area (Å²) in [5.41, 5.74) is -0.947. The Kier molecular flexibility index (Phi) is 3.07. The molecule has 0 saturated carbocycles. The maximum atomic E-state index is 13.2. The van der Waals surface area contributed by atoms with Crippen LogP contribution in [0.15, 0.2) is 48.5 Å². The molecule has 4 nitrogen and oxygen atoms in total. The molecule has 0 radical (unpaired) electrons. The first kappa shape index (κ1) is 13.5. The molecule has 0 spiro atoms. The molecule has 106 valence electrons. The highest BCUT2D eigenvalue weighted by molar-refractivity contribution is 6.09. The number of anilines is 1. The summed E-state index contributed by atoms with van der Waals surface area (Å²) in [4.78, 5) is 24.2. The molecule has 1 heterocycles. The maximum Gasteiger partial charge on any atom is 0.261 e. The zero-order valence-electron chi connectivity index (χ0n) is 11.0. The third kappa shape index (κ3) is 2.21. The lowest BCUT2D eigenvalue weighted by molar-refractivity contribution is -0.133. The number of ketones is 1. The highest BCUT2D eigenvalue weighted by atomic mass is 19.1. The summed E-state index contributed by atoms with van der Waals surface area (Å²) in [5.74, 6) is -1.68. The van der Waals surface area contributed by atoms with Crippen molar-refractivity contribution in [1.29, 1.82) is 0 Å². The minimum Gasteiger partial charge on any atom is -0.375 e. The minimum atomic E-state index is -1.92. The monoisotopic (exact) mass is 285 g/mol. The number of carbonyl (C=O) groups excluding carboxylic acids is 2. The molecule has 0 unspecified atom stereocenters. The highest BCUT2D eigenvalue weighted by Crippen LogP contribution is 2.38. The quantitative estimate of drug-likeness (QED) is 0.850. The minimum absolute atomic E-state index is 0.126. The normalized spacial score (nSPS) is 20.0. The van der Waals surface area contributed by atoms with Gasteiger partial charge in [0.15, 0.2) is 11.4 Å². The fourth-order valence-corrected chi connectivity index (χ4v) is 2.47. The molecule has 2 N–H and O–H groups in total. The van der Waals surface area contributed by atoms with Crippen molar-refractivity contribution in [2.45, 2.75) is 12.0 Å². The van der Waals surface area contributed by atoms with Crippen molar-refractivity contribution in [2.24, 2.45) is 0 Å². The number of fused-ring (bicyclic) bond motifs is 1. The van der Waals surface area contributed by atoms with Gasteiger partial charge in [0.25, 0.3) is 5.91 Å². The van der Waals surface area contributed by atoms with E-state index >= 15 is 0 Å². The Bertz CT molecular complexity index is 744. The molecule has 0 fully saturated rings. The van der Waals surface area contributed by atoms with Gasteiger partial charge in [-0.15, -0.1) is 0 Å². The molecule has 1 amide bonds. The molecule has 2 aromatic carbocycles. The molecule has 1 atom stereocenters. The van der Waals surface area contributed by atoms with Crippen molar-refractivity contribution < 1.29 is 19.1 Å². The van der Waals surface area contributed by atoms with Crippen molar-refractivity contribution >= 4 is 17.4 Å². The number of amides is 1. The Labute approximate surface area is 120 Å². The number of aliphatic hydroxyl groups is 1. The van der Waals surface area contributed by atoms with Crippen LogP contribution in [-0.2, 0) is 10.4 Å². The van der Waals surface area contributed by atoms with Gasteiger partial charge < -0.3 is 10.4 Å². The summed E-state index contributed by atoms with van der Waals surface area (Å²) in [6.07, 6.45) is -0.431. The van der Waals surface area contributed by atoms with Crippen molar-refractivity contribution in [3.05, 3.63) is 65.5 Å². The van der Waals surface area contributed by atoms with E-state index in [2.05, 4.69) is 5.32 Å². The van der Waals surface area contributed by atoms with Gasteiger partial charge in [-0.3, -0.25) is 9.59 Å². The van der Waals surface area contributed by atoms with Gasteiger partial charge in [-0.2, -0.15) is 0 Å². The summed E-state index contributed by atoms with van der Waals surface area (Å²) in [7, 11) is 0. The van der Waals surface area contributed by atoms with Crippen LogP contribution in [0.25, 0.3) is 0 Å². The lowest BCUT2D eigenvalue weighted by Crippen LogP contribution is -2.36. The number of para-hydroxylation sites is 1. The second-order valence-corrected chi connectivity index (χ2v) is 4.97. The Balaban J connectivity index is 1.94. The van der Waals surface area contributed by atoms with Crippen molar-refractivity contribution in [3.63, 3.8) is 0 Å². The van der Waals surface area contributed by atoms with Crippen molar-refractivity contribution in [3.8, 4) is 0 Å². The molecular weight excluding hydrogens is 273 g/mol. The summed E-state index contributed by atoms with van der Waals surface area (Å²) >= 11 is 0. The number of carbonyl (C=O) groups is 2. The predicted molar refractivity (Wildman–Crippen MR) is 74.3 cm³/mol. The van der Waals surface area contributed by atoms with Crippen LogP contribution >= 0.6 is 0 Å². The molecule has 0 bridgehead atoms. The number of halogens is 1. The van der Waals surface area contributed by atoms with Gasteiger partial charge >= 0.3 is 0 Å². The lowest BCUT2D eigenvalue weighted by Gasteiger charge is -2.19. The second-order valence-electron chi connectivity index (χ2n) is 4.97. The summed E-state index contributed by atoms with van der Waals surface area (Å²) in [6, 6.07) is 11.8. The maximum absolute atomic E-state index is 13.2. The SMILES string of the molecule is O=C(C[C@]1(O)C(=O)Nc2ccccc21)c1cccc(F)c1. The van der Waals surface area contributed by atoms with E-state index in [1.807, 2.05) is 0 Å². The van der Waals surface area contributed by atoms with Crippen LogP contribution in [0.1, 0.15) is 22.3 Å². The predicted octanol–water partition coefficient (Wildman–Crippen LogP) is 2.24. The average Bonchev–Trinajstić information content (AvgIpc) is 2.71. The van der Waals surface area contributed by atoms with E-state index in [-0.39, 0.29) is 5.56 Å². The van der Waals surface area contributed by atoms with E-state index < -0.39 is 29.5 Å². The molecule has 0 aliphatic carbocycles. The number of hydrogen-bond donors (Lipinski definition) is 2. The fraction of sp³-hybridized carbons (Fsp3) is 0.125. The first-order valence-corrected chi connectivity index (χ1v) is 6.43. The number of rotatable bonds is 3. The number of hydrogen-bond acceptors (Lipinski definition) is 3. The smallest absolute Gasteiger partial charge is 0.261 e. The largest absolute Gasteiger partial charge is 0.375 e. The number of nitrogens with one attached hydrogen (secondary N) is 1. The Hall–Kier alpha value is -2.53. The van der Waals surface area contributed by atoms with Gasteiger partial charge in [0, 0.05) is 16.8 Å². The summed E-state index contributed by atoms with van der Waals surface area (Å²) < 4.78 is 13.2. The van der Waals surface area contributed by atoms with Crippen molar-refractivity contribution in [1.82, 2.24) is 0 Å². The van der Waals surface area contributed by atoms with Crippen LogP contribution in [0.4, 0.5) is 10.1 Å². The van der Waals surface area contributed by atoms with Gasteiger partial charge in [0.05, 0.1) is 6.42 Å². The zero-order chi connectivity index (χ0) is 15.0. The van der Waals surface area contributed by atoms with E-state index in [9.17, 15) is 19.1 Å². The first-order valence-electron chi connectivity index (χ1n) is 6.43. The molecule has 3 rings (SSSR count). The fourth-order valence-electron chi connectivity index (χ4n) is 2.47. The van der Waals surface area contributed by atoms with E-state index in [0.29, 0.717) is 11.3 Å². The van der Waals surface area contributed by atoms with Crippen LogP contribution in [0.2, 0.25) is 0 Å². The number of benzene rings is 2. The van der Waals surface area contributed by atoms with Crippen LogP contribution in [0, 0.1) is 5.82 Å². The third-order valence-corrected chi connectivity index (χ3v) is 3.56. The van der Waals surface area contributed by atoms with E-state index in [1.54, 1.807) is 24.3 Å². The zero-order valence-corrected chi connectivity index (χ0v) is 11.0. The molecule has 21 heavy (non-hydrogen) atoms. The van der Waals surface area contributed by atoms with E-state index in [4.69, 9.17) is 0 Å². The second kappa shape index (κ2) is 4.79. The van der Waals surface area contributed by atoms with Crippen LogP contribution in [-0.4, -0.2) is 16.8 Å². The number of Topliss-reactive ketones (excluding diaryl/α,β-unsaturated/α-hetero) is 1. The van der Waals surface area contributed by atoms with Gasteiger partial charge in [-0.05, 0) is 18.2 Å². The van der Waals surface area contributed by atoms with Gasteiger partial charge in [-0.25, -0.2) is 4.39 Å². The highest BCUT2D eigenvalue weighted by Gasteiger charge is 2.46. The summed E-state index contributed by atoms with van der Waals surface area (Å²) in [5, 5.41) is 13.1. The average molecular weight is 285 g/mol. The molecule has 1 aliphatic heterocycles.